The van der Waals surface area contributed by atoms with Crippen LogP contribution in [0.1, 0.15) is 32.6 Å². The first kappa shape index (κ1) is 14.8. The number of nitrogens with one attached hydrogen (secondary N) is 1. The zero-order valence-electron chi connectivity index (χ0n) is 10.7. The Morgan fingerprint density at radius 1 is 1.12 bits per heavy atom. The molecule has 2 nitrogen and oxygen atoms in total. The van der Waals surface area contributed by atoms with Gasteiger partial charge in [-0.3, -0.25) is 0 Å². The maximum absolute atomic E-state index is 12.7. The largest absolute Gasteiger partial charge is 0.414 e. The Bertz CT molecular complexity index is 224. The van der Waals surface area contributed by atoms with Crippen molar-refractivity contribution < 1.29 is 17.9 Å². The van der Waals surface area contributed by atoms with Gasteiger partial charge in [0.15, 0.2) is 6.10 Å². The summed E-state index contributed by atoms with van der Waals surface area (Å²) < 4.78 is 42.7. The molecule has 102 valence electrons. The third kappa shape index (κ3) is 3.85. The Kier molecular flexibility index (Phi) is 5.25. The lowest BCUT2D eigenvalue weighted by molar-refractivity contribution is -0.231. The highest BCUT2D eigenvalue weighted by Crippen LogP contribution is 2.38. The second-order valence-corrected chi connectivity index (χ2v) is 4.95. The second kappa shape index (κ2) is 6.05. The van der Waals surface area contributed by atoms with E-state index in [0.29, 0.717) is 24.8 Å². The molecule has 2 atom stereocenters. The summed E-state index contributed by atoms with van der Waals surface area (Å²) in [6, 6.07) is 0.378. The van der Waals surface area contributed by atoms with Crippen LogP contribution in [0.25, 0.3) is 0 Å². The summed E-state index contributed by atoms with van der Waals surface area (Å²) in [5, 5.41) is 3.17. The standard InChI is InChI=1S/C12H22F3NO/c1-8(16-2)9-4-6-10(7-5-9)11(17-3)12(13,14)15/h8-11,16H,4-7H2,1-3H3. The molecule has 0 bridgehead atoms. The van der Waals surface area contributed by atoms with Gasteiger partial charge in [-0.05, 0) is 51.5 Å². The van der Waals surface area contributed by atoms with Crippen LogP contribution in [0.2, 0.25) is 0 Å². The van der Waals surface area contributed by atoms with Crippen LogP contribution in [-0.4, -0.2) is 32.5 Å². The molecule has 5 heteroatoms. The lowest BCUT2D eigenvalue weighted by atomic mass is 9.76. The molecule has 2 unspecified atom stereocenters. The van der Waals surface area contributed by atoms with Gasteiger partial charge in [0.25, 0.3) is 0 Å². The summed E-state index contributed by atoms with van der Waals surface area (Å²) in [6.45, 7) is 2.09. The molecule has 0 radical (unpaired) electrons. The average Bonchev–Trinajstić information content (AvgIpc) is 2.28. The van der Waals surface area contributed by atoms with E-state index in [1.807, 2.05) is 7.05 Å². The zero-order chi connectivity index (χ0) is 13.1. The van der Waals surface area contributed by atoms with E-state index in [1.54, 1.807) is 0 Å². The van der Waals surface area contributed by atoms with E-state index in [0.717, 1.165) is 20.0 Å². The Labute approximate surface area is 101 Å². The van der Waals surface area contributed by atoms with Gasteiger partial charge in [-0.15, -0.1) is 0 Å². The molecule has 0 aromatic carbocycles. The fourth-order valence-electron chi connectivity index (χ4n) is 2.78. The SMILES string of the molecule is CNC(C)C1CCC(C(OC)C(F)(F)F)CC1. The van der Waals surface area contributed by atoms with E-state index in [2.05, 4.69) is 17.0 Å². The number of hydrogen-bond acceptors (Lipinski definition) is 2. The lowest BCUT2D eigenvalue weighted by Crippen LogP contribution is -2.41. The molecule has 0 aliphatic heterocycles. The van der Waals surface area contributed by atoms with E-state index in [1.165, 1.54) is 0 Å². The highest BCUT2D eigenvalue weighted by Gasteiger charge is 2.46. The van der Waals surface area contributed by atoms with E-state index in [4.69, 9.17) is 0 Å². The third-order valence-corrected chi connectivity index (χ3v) is 3.98. The summed E-state index contributed by atoms with van der Waals surface area (Å²) in [6.07, 6.45) is -2.91. The van der Waals surface area contributed by atoms with Gasteiger partial charge in [-0.25, -0.2) is 0 Å². The van der Waals surface area contributed by atoms with Crippen molar-refractivity contribution in [3.05, 3.63) is 0 Å². The van der Waals surface area contributed by atoms with Crippen molar-refractivity contribution in [2.45, 2.75) is 50.9 Å². The number of methoxy groups -OCH3 is 1. The van der Waals surface area contributed by atoms with E-state index in [9.17, 15) is 13.2 Å². The van der Waals surface area contributed by atoms with Crippen LogP contribution in [0, 0.1) is 11.8 Å². The summed E-state index contributed by atoms with van der Waals surface area (Å²) in [7, 11) is 3.05. The maximum atomic E-state index is 12.7. The van der Waals surface area contributed by atoms with Crippen molar-refractivity contribution in [2.24, 2.45) is 11.8 Å². The molecule has 1 rings (SSSR count). The molecule has 1 saturated carbocycles. The minimum Gasteiger partial charge on any atom is -0.372 e. The number of halogens is 3. The zero-order valence-corrected chi connectivity index (χ0v) is 10.7. The smallest absolute Gasteiger partial charge is 0.372 e. The molecular weight excluding hydrogens is 231 g/mol. The Morgan fingerprint density at radius 2 is 1.59 bits per heavy atom. The first-order chi connectivity index (χ1) is 7.90. The van der Waals surface area contributed by atoms with Gasteiger partial charge in [0.2, 0.25) is 0 Å². The van der Waals surface area contributed by atoms with Gasteiger partial charge in [0.05, 0.1) is 0 Å². The Balaban J connectivity index is 2.51. The van der Waals surface area contributed by atoms with Gasteiger partial charge in [-0.1, -0.05) is 0 Å². The maximum Gasteiger partial charge on any atom is 0.414 e. The molecule has 17 heavy (non-hydrogen) atoms. The molecule has 0 saturated heterocycles. The van der Waals surface area contributed by atoms with Crippen LogP contribution >= 0.6 is 0 Å². The van der Waals surface area contributed by atoms with Crippen molar-refractivity contribution in [3.8, 4) is 0 Å². The van der Waals surface area contributed by atoms with E-state index < -0.39 is 12.3 Å². The van der Waals surface area contributed by atoms with E-state index in [-0.39, 0.29) is 5.92 Å². The van der Waals surface area contributed by atoms with Crippen molar-refractivity contribution in [1.82, 2.24) is 5.32 Å². The third-order valence-electron chi connectivity index (χ3n) is 3.98. The summed E-state index contributed by atoms with van der Waals surface area (Å²) >= 11 is 0. The van der Waals surface area contributed by atoms with Gasteiger partial charge in [-0.2, -0.15) is 13.2 Å². The van der Waals surface area contributed by atoms with Gasteiger partial charge < -0.3 is 10.1 Å². The normalized spacial score (nSPS) is 30.0. The van der Waals surface area contributed by atoms with Crippen LogP contribution in [0.3, 0.4) is 0 Å². The predicted molar refractivity (Wildman–Crippen MR) is 60.8 cm³/mol. The number of rotatable bonds is 4. The van der Waals surface area contributed by atoms with Crippen LogP contribution in [-0.2, 0) is 4.74 Å². The van der Waals surface area contributed by atoms with Crippen molar-refractivity contribution in [2.75, 3.05) is 14.2 Å². The number of alkyl halides is 3. The monoisotopic (exact) mass is 253 g/mol. The molecule has 0 spiro atoms. The molecular formula is C12H22F3NO. The molecule has 0 heterocycles. The first-order valence-corrected chi connectivity index (χ1v) is 6.17. The minimum atomic E-state index is -4.24. The summed E-state index contributed by atoms with van der Waals surface area (Å²) in [5.41, 5.74) is 0. The van der Waals surface area contributed by atoms with Crippen molar-refractivity contribution >= 4 is 0 Å². The predicted octanol–water partition coefficient (Wildman–Crippen LogP) is 2.98. The lowest BCUT2D eigenvalue weighted by Gasteiger charge is -2.36. The van der Waals surface area contributed by atoms with E-state index >= 15 is 0 Å². The molecule has 0 amide bonds. The molecule has 0 aromatic heterocycles. The topological polar surface area (TPSA) is 21.3 Å². The fraction of sp³-hybridized carbons (Fsp3) is 1.00. The van der Waals surface area contributed by atoms with Crippen LogP contribution in [0.15, 0.2) is 0 Å². The fourth-order valence-corrected chi connectivity index (χ4v) is 2.78. The first-order valence-electron chi connectivity index (χ1n) is 6.17. The Morgan fingerprint density at radius 3 is 1.94 bits per heavy atom. The van der Waals surface area contributed by atoms with Crippen LogP contribution in [0.5, 0.6) is 0 Å². The van der Waals surface area contributed by atoms with Gasteiger partial charge >= 0.3 is 6.18 Å². The summed E-state index contributed by atoms with van der Waals surface area (Å²) in [5.74, 6) is 0.113. The minimum absolute atomic E-state index is 0.375. The molecule has 1 aliphatic rings. The average molecular weight is 253 g/mol. The number of hydrogen-bond donors (Lipinski definition) is 1. The van der Waals surface area contributed by atoms with Gasteiger partial charge in [0.1, 0.15) is 0 Å². The molecule has 1 fully saturated rings. The highest BCUT2D eigenvalue weighted by molar-refractivity contribution is 4.85. The molecule has 0 aromatic rings. The quantitative estimate of drug-likeness (QED) is 0.831. The van der Waals surface area contributed by atoms with Gasteiger partial charge in [0, 0.05) is 13.2 Å². The Hall–Kier alpha value is -0.290. The van der Waals surface area contributed by atoms with Crippen molar-refractivity contribution in [3.63, 3.8) is 0 Å². The van der Waals surface area contributed by atoms with Crippen molar-refractivity contribution in [1.29, 1.82) is 0 Å². The van der Waals surface area contributed by atoms with Crippen LogP contribution in [0.4, 0.5) is 13.2 Å². The summed E-state index contributed by atoms with van der Waals surface area (Å²) in [4.78, 5) is 0. The van der Waals surface area contributed by atoms with Crippen LogP contribution < -0.4 is 5.32 Å². The molecule has 1 aliphatic carbocycles. The second-order valence-electron chi connectivity index (χ2n) is 4.95. The highest BCUT2D eigenvalue weighted by atomic mass is 19.4. The number of ether oxygens (including phenoxy) is 1. The molecule has 1 N–H and O–H groups in total.